The summed E-state index contributed by atoms with van der Waals surface area (Å²) in [5, 5.41) is 8.71. The first-order chi connectivity index (χ1) is 8.97. The van der Waals surface area contributed by atoms with E-state index in [9.17, 15) is 9.59 Å². The molecular formula is C13H10ClN3O2. The number of benzene rings is 1. The maximum absolute atomic E-state index is 12.0. The first kappa shape index (κ1) is 13.1. The van der Waals surface area contributed by atoms with Crippen molar-refractivity contribution in [2.24, 2.45) is 0 Å². The third-order valence-electron chi connectivity index (χ3n) is 2.76. The topological polar surface area (TPSA) is 77.0 Å². The molecule has 0 spiro atoms. The maximum Gasteiger partial charge on any atom is 0.270 e. The number of carbonyl (C=O) groups is 2. The van der Waals surface area contributed by atoms with Crippen molar-refractivity contribution in [1.82, 2.24) is 9.88 Å². The summed E-state index contributed by atoms with van der Waals surface area (Å²) in [5.74, 6) is -0.371. The van der Waals surface area contributed by atoms with Crippen LogP contribution >= 0.6 is 11.6 Å². The zero-order chi connectivity index (χ0) is 14.2. The summed E-state index contributed by atoms with van der Waals surface area (Å²) in [4.78, 5) is 27.8. The van der Waals surface area contributed by atoms with Crippen LogP contribution in [0.4, 0.5) is 0 Å². The van der Waals surface area contributed by atoms with Gasteiger partial charge in [0.2, 0.25) is 0 Å². The van der Waals surface area contributed by atoms with E-state index >= 15 is 0 Å². The number of rotatable bonds is 2. The van der Waals surface area contributed by atoms with Crippen molar-refractivity contribution in [3.8, 4) is 6.07 Å². The molecule has 1 N–H and O–H groups in total. The molecule has 2 aromatic rings. The highest BCUT2D eigenvalue weighted by Gasteiger charge is 2.24. The Labute approximate surface area is 114 Å². The number of aromatic nitrogens is 1. The Hall–Kier alpha value is -2.32. The van der Waals surface area contributed by atoms with Gasteiger partial charge in [0.15, 0.2) is 0 Å². The minimum absolute atomic E-state index is 0.0486. The molecule has 0 atom stereocenters. The Morgan fingerprint density at radius 2 is 2.05 bits per heavy atom. The fraction of sp³-hybridized carbons (Fsp3) is 0.154. The molecule has 1 aromatic carbocycles. The van der Waals surface area contributed by atoms with Gasteiger partial charge in [-0.3, -0.25) is 9.59 Å². The number of nitrogens with zero attached hydrogens (tertiary/aromatic N) is 2. The maximum atomic E-state index is 12.0. The highest BCUT2D eigenvalue weighted by Crippen LogP contribution is 2.27. The molecule has 0 radical (unpaired) electrons. The predicted molar refractivity (Wildman–Crippen MR) is 71.2 cm³/mol. The minimum Gasteiger partial charge on any atom is -0.350 e. The van der Waals surface area contributed by atoms with Crippen LogP contribution in [-0.4, -0.2) is 35.1 Å². The average molecular weight is 276 g/mol. The van der Waals surface area contributed by atoms with E-state index in [-0.39, 0.29) is 17.2 Å². The molecule has 1 heterocycles. The lowest BCUT2D eigenvalue weighted by molar-refractivity contribution is 0.0818. The van der Waals surface area contributed by atoms with Gasteiger partial charge in [-0.05, 0) is 23.7 Å². The molecule has 5 nitrogen and oxygen atoms in total. The van der Waals surface area contributed by atoms with Crippen LogP contribution in [-0.2, 0) is 0 Å². The zero-order valence-electron chi connectivity index (χ0n) is 10.3. The molecule has 0 saturated heterocycles. The summed E-state index contributed by atoms with van der Waals surface area (Å²) in [6.07, 6.45) is 0. The Morgan fingerprint density at radius 3 is 2.58 bits per heavy atom. The van der Waals surface area contributed by atoms with E-state index in [1.165, 1.54) is 4.90 Å². The molecule has 0 aliphatic rings. The second-order valence-corrected chi connectivity index (χ2v) is 4.53. The standard InChI is InChI=1S/C13H10ClN3O2/c1-17(2)13(19)11-10(12(14)18)9-7(6-15)4-3-5-8(9)16-11/h3-5,16H,1-2H3. The Bertz CT molecular complexity index is 725. The van der Waals surface area contributed by atoms with Crippen molar-refractivity contribution in [1.29, 1.82) is 5.26 Å². The van der Waals surface area contributed by atoms with Crippen LogP contribution < -0.4 is 0 Å². The van der Waals surface area contributed by atoms with E-state index in [0.29, 0.717) is 16.5 Å². The fourth-order valence-electron chi connectivity index (χ4n) is 1.92. The summed E-state index contributed by atoms with van der Waals surface area (Å²) >= 11 is 5.57. The minimum atomic E-state index is -0.765. The van der Waals surface area contributed by atoms with Crippen LogP contribution in [0.3, 0.4) is 0 Å². The van der Waals surface area contributed by atoms with Crippen molar-refractivity contribution in [2.75, 3.05) is 14.1 Å². The highest BCUT2D eigenvalue weighted by molar-refractivity contribution is 6.69. The monoisotopic (exact) mass is 275 g/mol. The number of H-pyrrole nitrogens is 1. The summed E-state index contributed by atoms with van der Waals surface area (Å²) in [6, 6.07) is 6.92. The Balaban J connectivity index is 2.88. The average Bonchev–Trinajstić information content (AvgIpc) is 2.76. The normalized spacial score (nSPS) is 10.2. The number of hydrogen-bond acceptors (Lipinski definition) is 3. The number of amides is 1. The molecule has 0 bridgehead atoms. The summed E-state index contributed by atoms with van der Waals surface area (Å²) in [5.41, 5.74) is 0.985. The van der Waals surface area contributed by atoms with E-state index in [4.69, 9.17) is 16.9 Å². The predicted octanol–water partition coefficient (Wildman–Crippen LogP) is 2.12. The van der Waals surface area contributed by atoms with Gasteiger partial charge in [-0.2, -0.15) is 5.26 Å². The number of hydrogen-bond donors (Lipinski definition) is 1. The molecule has 0 aliphatic carbocycles. The molecule has 6 heteroatoms. The summed E-state index contributed by atoms with van der Waals surface area (Å²) < 4.78 is 0. The van der Waals surface area contributed by atoms with Gasteiger partial charge in [-0.25, -0.2) is 0 Å². The molecule has 1 amide bonds. The van der Waals surface area contributed by atoms with Crippen LogP contribution in [0.2, 0.25) is 0 Å². The molecule has 0 fully saturated rings. The molecule has 0 unspecified atom stereocenters. The molecule has 1 aromatic heterocycles. The molecular weight excluding hydrogens is 266 g/mol. The fourth-order valence-corrected chi connectivity index (χ4v) is 2.11. The van der Waals surface area contributed by atoms with Crippen molar-refractivity contribution in [3.63, 3.8) is 0 Å². The third kappa shape index (κ3) is 2.07. The lowest BCUT2D eigenvalue weighted by atomic mass is 10.1. The van der Waals surface area contributed by atoms with Gasteiger partial charge >= 0.3 is 0 Å². The number of nitriles is 1. The zero-order valence-corrected chi connectivity index (χ0v) is 11.1. The molecule has 96 valence electrons. The van der Waals surface area contributed by atoms with Crippen LogP contribution in [0.5, 0.6) is 0 Å². The van der Waals surface area contributed by atoms with Gasteiger partial charge < -0.3 is 9.88 Å². The number of carbonyl (C=O) groups excluding carboxylic acids is 2. The van der Waals surface area contributed by atoms with Gasteiger partial charge in [0, 0.05) is 25.0 Å². The van der Waals surface area contributed by atoms with Crippen molar-refractivity contribution in [2.45, 2.75) is 0 Å². The lowest BCUT2D eigenvalue weighted by Crippen LogP contribution is -2.23. The third-order valence-corrected chi connectivity index (χ3v) is 2.95. The second kappa shape index (κ2) is 4.75. The number of fused-ring (bicyclic) bond motifs is 1. The van der Waals surface area contributed by atoms with Crippen LogP contribution in [0.1, 0.15) is 26.4 Å². The van der Waals surface area contributed by atoms with E-state index in [0.717, 1.165) is 0 Å². The highest BCUT2D eigenvalue weighted by atomic mass is 35.5. The number of halogens is 1. The summed E-state index contributed by atoms with van der Waals surface area (Å²) in [7, 11) is 3.14. The Kier molecular flexibility index (Phi) is 3.28. The van der Waals surface area contributed by atoms with E-state index in [1.807, 2.05) is 6.07 Å². The van der Waals surface area contributed by atoms with Crippen molar-refractivity contribution in [3.05, 3.63) is 35.0 Å². The molecule has 19 heavy (non-hydrogen) atoms. The van der Waals surface area contributed by atoms with Crippen molar-refractivity contribution < 1.29 is 9.59 Å². The molecule has 2 rings (SSSR count). The van der Waals surface area contributed by atoms with Gasteiger partial charge in [-0.15, -0.1) is 0 Å². The van der Waals surface area contributed by atoms with Crippen molar-refractivity contribution >= 4 is 33.7 Å². The van der Waals surface area contributed by atoms with Gasteiger partial charge in [0.05, 0.1) is 17.2 Å². The first-order valence-corrected chi connectivity index (χ1v) is 5.81. The van der Waals surface area contributed by atoms with Crippen LogP contribution in [0.15, 0.2) is 18.2 Å². The largest absolute Gasteiger partial charge is 0.350 e. The van der Waals surface area contributed by atoms with Crippen LogP contribution in [0, 0.1) is 11.3 Å². The summed E-state index contributed by atoms with van der Waals surface area (Å²) in [6.45, 7) is 0. The first-order valence-electron chi connectivity index (χ1n) is 5.43. The van der Waals surface area contributed by atoms with E-state index in [2.05, 4.69) is 4.98 Å². The quantitative estimate of drug-likeness (QED) is 0.853. The smallest absolute Gasteiger partial charge is 0.270 e. The number of nitrogens with one attached hydrogen (secondary N) is 1. The lowest BCUT2D eigenvalue weighted by Gasteiger charge is -2.09. The number of aromatic amines is 1. The Morgan fingerprint density at radius 1 is 1.37 bits per heavy atom. The van der Waals surface area contributed by atoms with E-state index < -0.39 is 5.24 Å². The van der Waals surface area contributed by atoms with Gasteiger partial charge in [0.1, 0.15) is 5.69 Å². The van der Waals surface area contributed by atoms with Crippen LogP contribution in [0.25, 0.3) is 10.9 Å². The van der Waals surface area contributed by atoms with Gasteiger partial charge in [0.25, 0.3) is 11.1 Å². The SMILES string of the molecule is CN(C)C(=O)c1[nH]c2cccc(C#N)c2c1C(=O)Cl. The van der Waals surface area contributed by atoms with Gasteiger partial charge in [-0.1, -0.05) is 6.07 Å². The van der Waals surface area contributed by atoms with E-state index in [1.54, 1.807) is 32.3 Å². The molecule has 0 saturated carbocycles. The molecule has 0 aliphatic heterocycles. The second-order valence-electron chi connectivity index (χ2n) is 4.19.